The molecule has 1 aliphatic heterocycles. The molecule has 0 saturated carbocycles. The summed E-state index contributed by atoms with van der Waals surface area (Å²) in [4.78, 5) is 18.9. The van der Waals surface area contributed by atoms with Gasteiger partial charge in [0.15, 0.2) is 0 Å². The van der Waals surface area contributed by atoms with Gasteiger partial charge in [0.2, 0.25) is 0 Å². The molecule has 0 amide bonds. The molecule has 1 aromatic rings. The van der Waals surface area contributed by atoms with Gasteiger partial charge < -0.3 is 19.7 Å². The lowest BCUT2D eigenvalue weighted by Gasteiger charge is -2.13. The molecule has 0 unspecified atom stereocenters. The third kappa shape index (κ3) is 2.28. The lowest BCUT2D eigenvalue weighted by molar-refractivity contribution is -0.0463. The van der Waals surface area contributed by atoms with Crippen LogP contribution in [0.25, 0.3) is 0 Å². The van der Waals surface area contributed by atoms with E-state index in [1.165, 1.54) is 13.4 Å². The van der Waals surface area contributed by atoms with Gasteiger partial charge in [-0.1, -0.05) is 0 Å². The fourth-order valence-electron chi connectivity index (χ4n) is 1.68. The Morgan fingerprint density at radius 3 is 3.00 bits per heavy atom. The van der Waals surface area contributed by atoms with Crippen LogP contribution in [-0.2, 0) is 4.74 Å². The Hall–Kier alpha value is -1.51. The molecule has 8 nitrogen and oxygen atoms in total. The minimum absolute atomic E-state index is 0.0245. The summed E-state index contributed by atoms with van der Waals surface area (Å²) in [6.45, 7) is -0.302. The summed E-state index contributed by atoms with van der Waals surface area (Å²) in [7, 11) is 1.36. The first kappa shape index (κ1) is 12.0. The summed E-state index contributed by atoms with van der Waals surface area (Å²) >= 11 is 0. The van der Waals surface area contributed by atoms with Crippen molar-refractivity contribution in [1.82, 2.24) is 14.5 Å². The lowest BCUT2D eigenvalue weighted by atomic mass is 10.2. The number of ether oxygens (including phenoxy) is 2. The number of aliphatic hydroxyl groups is 2. The van der Waals surface area contributed by atoms with Crippen molar-refractivity contribution in [3.05, 3.63) is 16.8 Å². The molecule has 1 aromatic heterocycles. The second kappa shape index (κ2) is 4.78. The largest absolute Gasteiger partial charge is 0.467 e. The highest BCUT2D eigenvalue weighted by Gasteiger charge is 2.35. The molecule has 2 rings (SSSR count). The van der Waals surface area contributed by atoms with Crippen LogP contribution in [0.2, 0.25) is 0 Å². The number of nitrogens with zero attached hydrogens (tertiary/aromatic N) is 3. The zero-order chi connectivity index (χ0) is 12.4. The topological polar surface area (TPSA) is 107 Å². The fourth-order valence-corrected chi connectivity index (χ4v) is 1.68. The monoisotopic (exact) mass is 243 g/mol. The molecule has 2 heterocycles. The maximum atomic E-state index is 11.6. The lowest BCUT2D eigenvalue weighted by Crippen LogP contribution is -2.28. The van der Waals surface area contributed by atoms with Crippen LogP contribution in [0.15, 0.2) is 11.1 Å². The summed E-state index contributed by atoms with van der Waals surface area (Å²) in [6, 6.07) is -0.0245. The van der Waals surface area contributed by atoms with Crippen LogP contribution in [0, 0.1) is 0 Å². The van der Waals surface area contributed by atoms with Crippen molar-refractivity contribution in [3.63, 3.8) is 0 Å². The van der Waals surface area contributed by atoms with Crippen molar-refractivity contribution >= 4 is 0 Å². The Kier molecular flexibility index (Phi) is 3.36. The fraction of sp³-hybridized carbons (Fsp3) is 0.667. The van der Waals surface area contributed by atoms with Crippen molar-refractivity contribution in [2.24, 2.45) is 0 Å². The van der Waals surface area contributed by atoms with Gasteiger partial charge in [0.25, 0.3) is 0 Å². The van der Waals surface area contributed by atoms with Crippen molar-refractivity contribution < 1.29 is 19.7 Å². The van der Waals surface area contributed by atoms with E-state index in [2.05, 4.69) is 9.97 Å². The normalized spacial score (nSPS) is 28.3. The highest BCUT2D eigenvalue weighted by atomic mass is 16.5. The second-order valence-electron chi connectivity index (χ2n) is 3.65. The first-order chi connectivity index (χ1) is 8.15. The number of aliphatic hydroxyl groups excluding tert-OH is 2. The summed E-state index contributed by atoms with van der Waals surface area (Å²) in [6.07, 6.45) is -0.708. The minimum Gasteiger partial charge on any atom is -0.467 e. The van der Waals surface area contributed by atoms with Crippen LogP contribution in [0.1, 0.15) is 12.6 Å². The first-order valence-corrected chi connectivity index (χ1v) is 5.09. The average Bonchev–Trinajstić information content (AvgIpc) is 2.70. The van der Waals surface area contributed by atoms with Gasteiger partial charge >= 0.3 is 11.7 Å². The van der Waals surface area contributed by atoms with Gasteiger partial charge in [0.1, 0.15) is 18.7 Å². The summed E-state index contributed by atoms with van der Waals surface area (Å²) in [5.41, 5.74) is -0.576. The van der Waals surface area contributed by atoms with Gasteiger partial charge in [-0.15, -0.1) is 4.98 Å². The van der Waals surface area contributed by atoms with Gasteiger partial charge in [0.05, 0.1) is 19.8 Å². The van der Waals surface area contributed by atoms with E-state index in [0.717, 1.165) is 4.57 Å². The zero-order valence-corrected chi connectivity index (χ0v) is 9.18. The van der Waals surface area contributed by atoms with E-state index in [0.29, 0.717) is 0 Å². The number of aromatic nitrogens is 3. The molecule has 8 heteroatoms. The van der Waals surface area contributed by atoms with Crippen molar-refractivity contribution in [2.45, 2.75) is 24.9 Å². The molecule has 0 spiro atoms. The zero-order valence-electron chi connectivity index (χ0n) is 9.18. The van der Waals surface area contributed by atoms with Crippen LogP contribution in [-0.4, -0.2) is 50.7 Å². The van der Waals surface area contributed by atoms with E-state index in [9.17, 15) is 9.90 Å². The Morgan fingerprint density at radius 1 is 1.71 bits per heavy atom. The number of hydrogen-bond donors (Lipinski definition) is 2. The molecule has 0 aliphatic carbocycles. The van der Waals surface area contributed by atoms with E-state index in [4.69, 9.17) is 14.6 Å². The van der Waals surface area contributed by atoms with Crippen LogP contribution < -0.4 is 10.4 Å². The Balaban J connectivity index is 2.22. The first-order valence-electron chi connectivity index (χ1n) is 5.09. The molecule has 0 bridgehead atoms. The molecule has 1 aliphatic rings. The molecule has 1 fully saturated rings. The van der Waals surface area contributed by atoms with E-state index < -0.39 is 24.1 Å². The average molecular weight is 243 g/mol. The second-order valence-corrected chi connectivity index (χ2v) is 3.65. The Labute approximate surface area is 96.5 Å². The molecule has 3 atom stereocenters. The van der Waals surface area contributed by atoms with Crippen molar-refractivity contribution in [3.8, 4) is 6.01 Å². The van der Waals surface area contributed by atoms with Crippen molar-refractivity contribution in [2.75, 3.05) is 13.7 Å². The minimum atomic E-state index is -0.806. The quantitative estimate of drug-likeness (QED) is 0.650. The van der Waals surface area contributed by atoms with Crippen LogP contribution in [0.3, 0.4) is 0 Å². The standard InChI is InChI=1S/C9H13N3O5/c1-16-8-10-4-12(9(15)11-8)7-2-5(14)6(3-13)17-7/h4-7,13-14H,2-3H2,1H3/t5-,6+,7+/m0/s1. The van der Waals surface area contributed by atoms with Crippen LogP contribution in [0.4, 0.5) is 0 Å². The van der Waals surface area contributed by atoms with E-state index >= 15 is 0 Å². The third-order valence-corrected chi connectivity index (χ3v) is 2.58. The van der Waals surface area contributed by atoms with Gasteiger partial charge in [0, 0.05) is 6.42 Å². The number of hydrogen-bond acceptors (Lipinski definition) is 7. The van der Waals surface area contributed by atoms with Gasteiger partial charge in [-0.2, -0.15) is 4.98 Å². The molecule has 0 aromatic carbocycles. The predicted octanol–water partition coefficient (Wildman–Crippen LogP) is -1.71. The molecule has 0 radical (unpaired) electrons. The third-order valence-electron chi connectivity index (χ3n) is 2.58. The molecule has 2 N–H and O–H groups in total. The van der Waals surface area contributed by atoms with E-state index in [1.807, 2.05) is 0 Å². The number of rotatable bonds is 3. The summed E-state index contributed by atoms with van der Waals surface area (Å²) in [5, 5.41) is 18.5. The number of methoxy groups -OCH3 is 1. The van der Waals surface area contributed by atoms with Crippen LogP contribution >= 0.6 is 0 Å². The van der Waals surface area contributed by atoms with Gasteiger partial charge in [-0.05, 0) is 0 Å². The Bertz CT molecular complexity index is 449. The maximum Gasteiger partial charge on any atom is 0.355 e. The molecular formula is C9H13N3O5. The summed E-state index contributed by atoms with van der Waals surface area (Å²) in [5.74, 6) is 0. The Morgan fingerprint density at radius 2 is 2.47 bits per heavy atom. The highest BCUT2D eigenvalue weighted by Crippen LogP contribution is 2.26. The molecule has 1 saturated heterocycles. The maximum absolute atomic E-state index is 11.6. The smallest absolute Gasteiger partial charge is 0.355 e. The van der Waals surface area contributed by atoms with Gasteiger partial charge in [-0.3, -0.25) is 4.57 Å². The SMILES string of the molecule is COc1ncn([C@H]2C[C@H](O)[C@@H](CO)O2)c(=O)n1. The van der Waals surface area contributed by atoms with Crippen molar-refractivity contribution in [1.29, 1.82) is 0 Å². The molecule has 94 valence electrons. The summed E-state index contributed by atoms with van der Waals surface area (Å²) < 4.78 is 11.2. The van der Waals surface area contributed by atoms with Crippen LogP contribution in [0.5, 0.6) is 6.01 Å². The van der Waals surface area contributed by atoms with E-state index in [1.54, 1.807) is 0 Å². The molecular weight excluding hydrogens is 230 g/mol. The predicted molar refractivity (Wildman–Crippen MR) is 54.5 cm³/mol. The van der Waals surface area contributed by atoms with E-state index in [-0.39, 0.29) is 19.0 Å². The molecule has 17 heavy (non-hydrogen) atoms. The van der Waals surface area contributed by atoms with Gasteiger partial charge in [-0.25, -0.2) is 4.79 Å². The highest BCUT2D eigenvalue weighted by molar-refractivity contribution is 4.90.